The van der Waals surface area contributed by atoms with Crippen molar-refractivity contribution in [3.63, 3.8) is 0 Å². The van der Waals surface area contributed by atoms with Crippen LogP contribution < -0.4 is 10.6 Å². The van der Waals surface area contributed by atoms with Gasteiger partial charge in [-0.15, -0.1) is 10.2 Å². The van der Waals surface area contributed by atoms with E-state index in [1.807, 2.05) is 51.1 Å². The minimum absolute atomic E-state index is 0.0134. The fourth-order valence-corrected chi connectivity index (χ4v) is 4.04. The molecule has 4 rings (SSSR count). The monoisotopic (exact) mass is 527 g/mol. The maximum absolute atomic E-state index is 11.2. The van der Waals surface area contributed by atoms with Crippen molar-refractivity contribution in [3.05, 3.63) is 71.2 Å². The number of rotatable bonds is 8. The highest BCUT2D eigenvalue weighted by Gasteiger charge is 2.24. The van der Waals surface area contributed by atoms with Gasteiger partial charge in [-0.2, -0.15) is 4.98 Å². The lowest BCUT2D eigenvalue weighted by Gasteiger charge is -2.19. The van der Waals surface area contributed by atoms with Gasteiger partial charge >= 0.3 is 0 Å². The number of halogens is 1. The summed E-state index contributed by atoms with van der Waals surface area (Å²) in [5.74, 6) is 1.23. The third kappa shape index (κ3) is 5.88. The van der Waals surface area contributed by atoms with Gasteiger partial charge in [-0.05, 0) is 34.8 Å². The summed E-state index contributed by atoms with van der Waals surface area (Å²) in [5, 5.41) is 24.7. The summed E-state index contributed by atoms with van der Waals surface area (Å²) < 4.78 is 28.4. The summed E-state index contributed by atoms with van der Waals surface area (Å²) in [6.07, 6.45) is 1.53. The molecule has 10 nitrogen and oxygen atoms in total. The summed E-state index contributed by atoms with van der Waals surface area (Å²) in [4.78, 5) is 8.92. The highest BCUT2D eigenvalue weighted by molar-refractivity contribution is 7.79. The van der Waals surface area contributed by atoms with Crippen molar-refractivity contribution in [1.82, 2.24) is 20.2 Å². The molecule has 12 heteroatoms. The number of hydrogen-bond donors (Lipinski definition) is 3. The van der Waals surface area contributed by atoms with Gasteiger partial charge in [0.25, 0.3) is 5.89 Å². The third-order valence-corrected chi connectivity index (χ3v) is 6.29. The normalized spacial score (nSPS) is 13.3. The van der Waals surface area contributed by atoms with E-state index in [1.54, 1.807) is 6.07 Å². The quantitative estimate of drug-likeness (QED) is 0.277. The molecule has 2 heterocycles. The number of aliphatic hydroxyl groups excluding tert-OH is 1. The molecule has 0 bridgehead atoms. The Bertz CT molecular complexity index is 1380. The number of aliphatic hydroxyl groups is 1. The predicted molar refractivity (Wildman–Crippen MR) is 136 cm³/mol. The van der Waals surface area contributed by atoms with Crippen molar-refractivity contribution >= 4 is 40.1 Å². The topological polar surface area (TPSA) is 149 Å². The van der Waals surface area contributed by atoms with Crippen molar-refractivity contribution < 1.29 is 18.3 Å². The van der Waals surface area contributed by atoms with Crippen LogP contribution in [-0.2, 0) is 16.5 Å². The molecule has 0 radical (unpaired) electrons. The van der Waals surface area contributed by atoms with Gasteiger partial charge in [0.2, 0.25) is 11.8 Å². The smallest absolute Gasteiger partial charge is 0.253 e. The van der Waals surface area contributed by atoms with Gasteiger partial charge in [-0.25, -0.2) is 4.98 Å². The maximum atomic E-state index is 11.2. The molecule has 3 N–H and O–H groups in total. The molecule has 1 unspecified atom stereocenters. The Morgan fingerprint density at radius 2 is 1.92 bits per heavy atom. The van der Waals surface area contributed by atoms with Gasteiger partial charge in [0.15, 0.2) is 0 Å². The van der Waals surface area contributed by atoms with Crippen LogP contribution in [0.2, 0.25) is 5.02 Å². The first-order chi connectivity index (χ1) is 17.2. The SMILES string of the molecule is CC(C)(C)c1nnc(-c2cnc(Nc3ccc(S(=O)[O-])c(Cl)c3)nc2N[C@H](CO)c2ccccc2)o1. The number of nitrogens with zero attached hydrogens (tertiary/aromatic N) is 4. The van der Waals surface area contributed by atoms with Crippen molar-refractivity contribution in [2.75, 3.05) is 17.2 Å². The lowest BCUT2D eigenvalue weighted by atomic mass is 9.97. The molecule has 188 valence electrons. The lowest BCUT2D eigenvalue weighted by molar-refractivity contribution is 0.276. The Labute approximate surface area is 215 Å². The van der Waals surface area contributed by atoms with E-state index in [2.05, 4.69) is 30.8 Å². The van der Waals surface area contributed by atoms with Crippen LogP contribution in [0.25, 0.3) is 11.5 Å². The van der Waals surface area contributed by atoms with E-state index in [9.17, 15) is 13.9 Å². The molecule has 0 aliphatic heterocycles. The molecule has 2 atom stereocenters. The Kier molecular flexibility index (Phi) is 7.65. The first kappa shape index (κ1) is 25.7. The van der Waals surface area contributed by atoms with Crippen LogP contribution in [0.3, 0.4) is 0 Å². The highest BCUT2D eigenvalue weighted by Crippen LogP contribution is 2.32. The van der Waals surface area contributed by atoms with E-state index in [1.165, 1.54) is 18.3 Å². The number of benzene rings is 2. The van der Waals surface area contributed by atoms with E-state index >= 15 is 0 Å². The Morgan fingerprint density at radius 3 is 2.53 bits per heavy atom. The van der Waals surface area contributed by atoms with E-state index in [4.69, 9.17) is 16.0 Å². The summed E-state index contributed by atoms with van der Waals surface area (Å²) in [7, 11) is 0. The molecule has 0 aliphatic carbocycles. The average molecular weight is 528 g/mol. The maximum Gasteiger partial charge on any atom is 0.253 e. The molecule has 0 saturated carbocycles. The summed E-state index contributed by atoms with van der Waals surface area (Å²) >= 11 is 3.63. The molecule has 0 saturated heterocycles. The molecule has 36 heavy (non-hydrogen) atoms. The summed E-state index contributed by atoms with van der Waals surface area (Å²) in [6.45, 7) is 5.69. The third-order valence-electron chi connectivity index (χ3n) is 5.15. The van der Waals surface area contributed by atoms with Crippen molar-refractivity contribution in [1.29, 1.82) is 0 Å². The van der Waals surface area contributed by atoms with Gasteiger partial charge in [0.1, 0.15) is 5.82 Å². The highest BCUT2D eigenvalue weighted by atomic mass is 35.5. The zero-order valence-corrected chi connectivity index (χ0v) is 21.3. The zero-order chi connectivity index (χ0) is 25.9. The molecule has 0 fully saturated rings. The minimum Gasteiger partial charge on any atom is -0.768 e. The van der Waals surface area contributed by atoms with Gasteiger partial charge in [0, 0.05) is 22.2 Å². The van der Waals surface area contributed by atoms with Gasteiger partial charge in [0.05, 0.1) is 23.2 Å². The second-order valence-electron chi connectivity index (χ2n) is 8.91. The summed E-state index contributed by atoms with van der Waals surface area (Å²) in [5.41, 5.74) is 1.45. The van der Waals surface area contributed by atoms with Crippen LogP contribution >= 0.6 is 11.6 Å². The van der Waals surface area contributed by atoms with Crippen LogP contribution in [0, 0.1) is 0 Å². The lowest BCUT2D eigenvalue weighted by Crippen LogP contribution is -2.17. The van der Waals surface area contributed by atoms with E-state index in [0.717, 1.165) is 5.56 Å². The second kappa shape index (κ2) is 10.7. The zero-order valence-electron chi connectivity index (χ0n) is 19.7. The van der Waals surface area contributed by atoms with Crippen molar-refractivity contribution in [2.45, 2.75) is 37.1 Å². The number of hydrogen-bond acceptors (Lipinski definition) is 10. The molecule has 2 aromatic carbocycles. The van der Waals surface area contributed by atoms with E-state index in [0.29, 0.717) is 23.0 Å². The van der Waals surface area contributed by atoms with Crippen LogP contribution in [0.15, 0.2) is 64.0 Å². The number of aromatic nitrogens is 4. The molecular formula is C24H24ClN6O4S-. The van der Waals surface area contributed by atoms with Crippen molar-refractivity contribution in [3.8, 4) is 11.5 Å². The Morgan fingerprint density at radius 1 is 1.17 bits per heavy atom. The van der Waals surface area contributed by atoms with Gasteiger partial charge < -0.3 is 24.7 Å². The predicted octanol–water partition coefficient (Wildman–Crippen LogP) is 4.60. The van der Waals surface area contributed by atoms with E-state index in [-0.39, 0.29) is 33.8 Å². The van der Waals surface area contributed by atoms with Crippen molar-refractivity contribution in [2.24, 2.45) is 0 Å². The molecule has 2 aromatic heterocycles. The molecule has 0 aliphatic rings. The largest absolute Gasteiger partial charge is 0.768 e. The van der Waals surface area contributed by atoms with Gasteiger partial charge in [-0.3, -0.25) is 4.21 Å². The molecule has 0 amide bonds. The molecule has 0 spiro atoms. The number of nitrogens with one attached hydrogen (secondary N) is 2. The average Bonchev–Trinajstić information content (AvgIpc) is 3.34. The van der Waals surface area contributed by atoms with E-state index < -0.39 is 17.1 Å². The standard InChI is InChI=1S/C24H25ClN6O4S/c1-24(2,3)22-31-30-21(35-22)16-12-26-23(27-15-9-10-19(36(33)34)17(25)11-15)29-20(16)28-18(13-32)14-7-5-4-6-8-14/h4-12,18,32H,13H2,1-3H3,(H,33,34)(H2,26,27,28,29)/p-1/t18-/m1/s1. The molecule has 4 aromatic rings. The Balaban J connectivity index is 1.72. The summed E-state index contributed by atoms with van der Waals surface area (Å²) in [6, 6.07) is 13.3. The minimum atomic E-state index is -2.45. The van der Waals surface area contributed by atoms with Crippen LogP contribution in [0.1, 0.15) is 38.3 Å². The Hall–Kier alpha value is -3.38. The van der Waals surface area contributed by atoms with Crippen LogP contribution in [0.5, 0.6) is 0 Å². The first-order valence-electron chi connectivity index (χ1n) is 11.0. The first-order valence-corrected chi connectivity index (χ1v) is 12.4. The van der Waals surface area contributed by atoms with Crippen LogP contribution in [0.4, 0.5) is 17.5 Å². The fourth-order valence-electron chi connectivity index (χ4n) is 3.27. The second-order valence-corrected chi connectivity index (χ2v) is 10.2. The van der Waals surface area contributed by atoms with Crippen LogP contribution in [-0.4, -0.2) is 40.6 Å². The van der Waals surface area contributed by atoms with Gasteiger partial charge in [-0.1, -0.05) is 62.7 Å². The number of anilines is 3. The fraction of sp³-hybridized carbons (Fsp3) is 0.250. The molecular weight excluding hydrogens is 504 g/mol.